The summed E-state index contributed by atoms with van der Waals surface area (Å²) in [6.07, 6.45) is 3.80. The molecule has 3 nitrogen and oxygen atoms in total. The molecule has 2 rings (SSSR count). The maximum absolute atomic E-state index is 10.1. The lowest BCUT2D eigenvalue weighted by Crippen LogP contribution is -2.32. The molecule has 1 aliphatic rings. The van der Waals surface area contributed by atoms with E-state index in [0.717, 1.165) is 25.7 Å². The van der Waals surface area contributed by atoms with E-state index in [9.17, 15) is 5.11 Å². The van der Waals surface area contributed by atoms with Gasteiger partial charge in [0.25, 0.3) is 0 Å². The molecule has 0 aromatic heterocycles. The lowest BCUT2D eigenvalue weighted by atomic mass is 10.0. The van der Waals surface area contributed by atoms with Gasteiger partial charge >= 0.3 is 0 Å². The van der Waals surface area contributed by atoms with Crippen molar-refractivity contribution < 1.29 is 9.84 Å². The van der Waals surface area contributed by atoms with Crippen molar-refractivity contribution >= 4 is 0 Å². The van der Waals surface area contributed by atoms with Crippen LogP contribution in [0.4, 0.5) is 0 Å². The van der Waals surface area contributed by atoms with Gasteiger partial charge in [-0.05, 0) is 37.1 Å². The third-order valence-electron chi connectivity index (χ3n) is 3.03. The van der Waals surface area contributed by atoms with Crippen molar-refractivity contribution in [2.24, 2.45) is 0 Å². The molecule has 0 atom stereocenters. The molecule has 0 heterocycles. The number of hydrogen-bond donors (Lipinski definition) is 1. The first-order valence-electron chi connectivity index (χ1n) is 5.57. The van der Waals surface area contributed by atoms with Gasteiger partial charge in [0.15, 0.2) is 0 Å². The minimum atomic E-state index is -0.645. The molecule has 1 aliphatic carbocycles. The predicted molar refractivity (Wildman–Crippen MR) is 60.1 cm³/mol. The van der Waals surface area contributed by atoms with Crippen LogP contribution in [0.2, 0.25) is 0 Å². The Hall–Kier alpha value is -1.53. The molecule has 0 unspecified atom stereocenters. The van der Waals surface area contributed by atoms with Crippen molar-refractivity contribution in [1.82, 2.24) is 0 Å². The summed E-state index contributed by atoms with van der Waals surface area (Å²) in [5.74, 6) is 0.708. The van der Waals surface area contributed by atoms with E-state index in [1.165, 1.54) is 0 Å². The van der Waals surface area contributed by atoms with E-state index < -0.39 is 5.60 Å². The van der Waals surface area contributed by atoms with Gasteiger partial charge in [-0.3, -0.25) is 0 Å². The van der Waals surface area contributed by atoms with E-state index in [-0.39, 0.29) is 0 Å². The Morgan fingerprint density at radius 1 is 1.25 bits per heavy atom. The second-order valence-corrected chi connectivity index (χ2v) is 4.36. The Bertz CT molecular complexity index is 385. The highest BCUT2D eigenvalue weighted by Gasteiger charge is 2.31. The third kappa shape index (κ3) is 2.53. The van der Waals surface area contributed by atoms with E-state index >= 15 is 0 Å². The zero-order valence-electron chi connectivity index (χ0n) is 9.15. The summed E-state index contributed by atoms with van der Waals surface area (Å²) in [5.41, 5.74) is -0.0274. The zero-order chi connectivity index (χ0) is 11.4. The molecular formula is C13H15NO2. The van der Waals surface area contributed by atoms with Crippen LogP contribution in [0.1, 0.15) is 31.2 Å². The van der Waals surface area contributed by atoms with E-state index in [0.29, 0.717) is 17.9 Å². The Labute approximate surface area is 95.3 Å². The standard InChI is InChI=1S/C13H15NO2/c14-9-11-3-5-12(6-4-11)16-10-13(15)7-1-2-8-13/h3-6,15H,1-2,7-8,10H2. The van der Waals surface area contributed by atoms with Crippen molar-refractivity contribution in [2.75, 3.05) is 6.61 Å². The number of ether oxygens (including phenoxy) is 1. The first-order valence-corrected chi connectivity index (χ1v) is 5.57. The second kappa shape index (κ2) is 4.54. The number of nitriles is 1. The number of nitrogens with zero attached hydrogens (tertiary/aromatic N) is 1. The number of rotatable bonds is 3. The quantitative estimate of drug-likeness (QED) is 0.844. The Morgan fingerprint density at radius 2 is 1.88 bits per heavy atom. The fourth-order valence-electron chi connectivity index (χ4n) is 2.02. The fraction of sp³-hybridized carbons (Fsp3) is 0.462. The molecule has 16 heavy (non-hydrogen) atoms. The molecule has 0 radical (unpaired) electrons. The van der Waals surface area contributed by atoms with Crippen LogP contribution in [0.5, 0.6) is 5.75 Å². The van der Waals surface area contributed by atoms with Gasteiger partial charge in [0.05, 0.1) is 17.2 Å². The molecule has 0 aliphatic heterocycles. The van der Waals surface area contributed by atoms with Gasteiger partial charge in [-0.15, -0.1) is 0 Å². The smallest absolute Gasteiger partial charge is 0.119 e. The van der Waals surface area contributed by atoms with Gasteiger partial charge in [0, 0.05) is 0 Å². The first kappa shape index (κ1) is 11.0. The highest BCUT2D eigenvalue weighted by molar-refractivity contribution is 5.34. The Morgan fingerprint density at radius 3 is 2.44 bits per heavy atom. The van der Waals surface area contributed by atoms with Crippen LogP contribution in [0.15, 0.2) is 24.3 Å². The van der Waals surface area contributed by atoms with Gasteiger partial charge < -0.3 is 9.84 Å². The van der Waals surface area contributed by atoms with Crippen molar-refractivity contribution in [3.05, 3.63) is 29.8 Å². The fourth-order valence-corrected chi connectivity index (χ4v) is 2.02. The summed E-state index contributed by atoms with van der Waals surface area (Å²) in [5, 5.41) is 18.7. The Balaban J connectivity index is 1.92. The summed E-state index contributed by atoms with van der Waals surface area (Å²) < 4.78 is 5.53. The van der Waals surface area contributed by atoms with Crippen molar-refractivity contribution in [3.8, 4) is 11.8 Å². The molecule has 0 saturated heterocycles. The molecule has 1 aromatic rings. The predicted octanol–water partition coefficient (Wildman–Crippen LogP) is 2.24. The molecular weight excluding hydrogens is 202 g/mol. The molecule has 1 fully saturated rings. The average Bonchev–Trinajstić information content (AvgIpc) is 2.75. The topological polar surface area (TPSA) is 53.2 Å². The summed E-state index contributed by atoms with van der Waals surface area (Å²) >= 11 is 0. The van der Waals surface area contributed by atoms with Crippen LogP contribution >= 0.6 is 0 Å². The van der Waals surface area contributed by atoms with Crippen molar-refractivity contribution in [3.63, 3.8) is 0 Å². The van der Waals surface area contributed by atoms with Crippen LogP contribution < -0.4 is 4.74 Å². The summed E-state index contributed by atoms with van der Waals surface area (Å²) in [6, 6.07) is 9.01. The number of benzene rings is 1. The van der Waals surface area contributed by atoms with Gasteiger partial charge in [-0.25, -0.2) is 0 Å². The molecule has 0 amide bonds. The van der Waals surface area contributed by atoms with Crippen LogP contribution in [0.3, 0.4) is 0 Å². The van der Waals surface area contributed by atoms with Gasteiger partial charge in [0.2, 0.25) is 0 Å². The molecule has 3 heteroatoms. The summed E-state index contributed by atoms with van der Waals surface area (Å²) in [6.45, 7) is 0.346. The van der Waals surface area contributed by atoms with Crippen molar-refractivity contribution in [2.45, 2.75) is 31.3 Å². The SMILES string of the molecule is N#Cc1ccc(OCC2(O)CCCC2)cc1. The van der Waals surface area contributed by atoms with E-state index in [2.05, 4.69) is 6.07 Å². The molecule has 84 valence electrons. The van der Waals surface area contributed by atoms with Gasteiger partial charge in [-0.1, -0.05) is 12.8 Å². The third-order valence-corrected chi connectivity index (χ3v) is 3.03. The van der Waals surface area contributed by atoms with Crippen LogP contribution in [-0.4, -0.2) is 17.3 Å². The van der Waals surface area contributed by atoms with Gasteiger partial charge in [0.1, 0.15) is 12.4 Å². The lowest BCUT2D eigenvalue weighted by Gasteiger charge is -2.22. The lowest BCUT2D eigenvalue weighted by molar-refractivity contribution is 0.00141. The second-order valence-electron chi connectivity index (χ2n) is 4.36. The molecule has 1 aromatic carbocycles. The summed E-state index contributed by atoms with van der Waals surface area (Å²) in [4.78, 5) is 0. The van der Waals surface area contributed by atoms with Crippen LogP contribution in [0, 0.1) is 11.3 Å². The highest BCUT2D eigenvalue weighted by atomic mass is 16.5. The van der Waals surface area contributed by atoms with Crippen LogP contribution in [0.25, 0.3) is 0 Å². The van der Waals surface area contributed by atoms with E-state index in [1.807, 2.05) is 0 Å². The molecule has 1 N–H and O–H groups in total. The highest BCUT2D eigenvalue weighted by Crippen LogP contribution is 2.30. The maximum Gasteiger partial charge on any atom is 0.119 e. The first-order chi connectivity index (χ1) is 7.72. The Kier molecular flexibility index (Phi) is 3.12. The summed E-state index contributed by atoms with van der Waals surface area (Å²) in [7, 11) is 0. The van der Waals surface area contributed by atoms with Gasteiger partial charge in [-0.2, -0.15) is 5.26 Å². The number of aliphatic hydroxyl groups is 1. The monoisotopic (exact) mass is 217 g/mol. The van der Waals surface area contributed by atoms with Crippen molar-refractivity contribution in [1.29, 1.82) is 5.26 Å². The number of hydrogen-bond acceptors (Lipinski definition) is 3. The molecule has 0 spiro atoms. The van der Waals surface area contributed by atoms with E-state index in [1.54, 1.807) is 24.3 Å². The maximum atomic E-state index is 10.1. The van der Waals surface area contributed by atoms with E-state index in [4.69, 9.17) is 10.00 Å². The average molecular weight is 217 g/mol. The molecule has 1 saturated carbocycles. The minimum absolute atomic E-state index is 0.346. The normalized spacial score (nSPS) is 18.0. The zero-order valence-corrected chi connectivity index (χ0v) is 9.15. The largest absolute Gasteiger partial charge is 0.491 e. The minimum Gasteiger partial charge on any atom is -0.491 e. The molecule has 0 bridgehead atoms. The van der Waals surface area contributed by atoms with Crippen LogP contribution in [-0.2, 0) is 0 Å².